The lowest BCUT2D eigenvalue weighted by atomic mass is 9.94. The summed E-state index contributed by atoms with van der Waals surface area (Å²) in [5.41, 5.74) is 8.34. The molecule has 1 heterocycles. The van der Waals surface area contributed by atoms with E-state index in [1.54, 1.807) is 0 Å². The number of aryl methyl sites for hydroxylation is 1. The van der Waals surface area contributed by atoms with Crippen LogP contribution in [0.5, 0.6) is 0 Å². The number of benzene rings is 1. The zero-order valence-electron chi connectivity index (χ0n) is 9.81. The summed E-state index contributed by atoms with van der Waals surface area (Å²) in [7, 11) is 1.96. The average molecular weight is 294 g/mol. The molecule has 0 aliphatic rings. The highest BCUT2D eigenvalue weighted by Crippen LogP contribution is 2.24. The van der Waals surface area contributed by atoms with Crippen LogP contribution in [0.3, 0.4) is 0 Å². The Labute approximate surface area is 110 Å². The lowest BCUT2D eigenvalue weighted by Gasteiger charge is -2.15. The van der Waals surface area contributed by atoms with Gasteiger partial charge < -0.3 is 5.73 Å². The van der Waals surface area contributed by atoms with E-state index in [0.717, 1.165) is 10.9 Å². The number of hydrogen-bond acceptors (Lipinski definition) is 2. The van der Waals surface area contributed by atoms with Gasteiger partial charge in [0.2, 0.25) is 0 Å². The Hall–Kier alpha value is -1.13. The molecular formula is C13H16BrN3. The van der Waals surface area contributed by atoms with Crippen molar-refractivity contribution in [3.05, 3.63) is 52.3 Å². The molecule has 0 aliphatic heterocycles. The first kappa shape index (κ1) is 12.3. The van der Waals surface area contributed by atoms with Gasteiger partial charge in [0.15, 0.2) is 0 Å². The molecule has 2 N–H and O–H groups in total. The van der Waals surface area contributed by atoms with Crippen LogP contribution in [0.4, 0.5) is 0 Å². The smallest absolute Gasteiger partial charge is 0.0635 e. The fourth-order valence-electron chi connectivity index (χ4n) is 1.96. The first-order valence-corrected chi connectivity index (χ1v) is 6.43. The summed E-state index contributed by atoms with van der Waals surface area (Å²) in [6.45, 7) is 0.641. The zero-order valence-corrected chi connectivity index (χ0v) is 11.4. The van der Waals surface area contributed by atoms with Gasteiger partial charge >= 0.3 is 0 Å². The predicted molar refractivity (Wildman–Crippen MR) is 72.8 cm³/mol. The molecule has 1 aromatic heterocycles. The minimum Gasteiger partial charge on any atom is -0.330 e. The molecule has 0 fully saturated rings. The molecular weight excluding hydrogens is 278 g/mol. The van der Waals surface area contributed by atoms with E-state index in [2.05, 4.69) is 45.3 Å². The highest BCUT2D eigenvalue weighted by molar-refractivity contribution is 9.10. The SMILES string of the molecule is Cn1ncc(Br)c1CC(CN)c1ccccc1. The molecule has 1 aromatic carbocycles. The maximum Gasteiger partial charge on any atom is 0.0635 e. The third-order valence-electron chi connectivity index (χ3n) is 3.01. The second-order valence-corrected chi connectivity index (χ2v) is 4.96. The lowest BCUT2D eigenvalue weighted by Crippen LogP contribution is -2.16. The monoisotopic (exact) mass is 293 g/mol. The van der Waals surface area contributed by atoms with Crippen LogP contribution in [0.2, 0.25) is 0 Å². The van der Waals surface area contributed by atoms with Gasteiger partial charge in [-0.3, -0.25) is 4.68 Å². The Morgan fingerprint density at radius 3 is 2.59 bits per heavy atom. The minimum absolute atomic E-state index is 0.336. The van der Waals surface area contributed by atoms with Crippen molar-refractivity contribution in [1.82, 2.24) is 9.78 Å². The summed E-state index contributed by atoms with van der Waals surface area (Å²) in [6, 6.07) is 10.4. The van der Waals surface area contributed by atoms with Gasteiger partial charge in [-0.2, -0.15) is 5.10 Å². The zero-order chi connectivity index (χ0) is 12.3. The molecule has 0 saturated carbocycles. The Morgan fingerprint density at radius 2 is 2.06 bits per heavy atom. The van der Waals surface area contributed by atoms with E-state index in [-0.39, 0.29) is 0 Å². The quantitative estimate of drug-likeness (QED) is 0.941. The largest absolute Gasteiger partial charge is 0.330 e. The van der Waals surface area contributed by atoms with E-state index < -0.39 is 0 Å². The average Bonchev–Trinajstić information content (AvgIpc) is 2.68. The van der Waals surface area contributed by atoms with E-state index in [1.807, 2.05) is 24.0 Å². The van der Waals surface area contributed by atoms with Crippen LogP contribution in [0, 0.1) is 0 Å². The van der Waals surface area contributed by atoms with Crippen LogP contribution in [-0.4, -0.2) is 16.3 Å². The summed E-state index contributed by atoms with van der Waals surface area (Å²) < 4.78 is 2.95. The highest BCUT2D eigenvalue weighted by Gasteiger charge is 2.14. The molecule has 1 atom stereocenters. The molecule has 0 aliphatic carbocycles. The maximum absolute atomic E-state index is 5.88. The molecule has 0 spiro atoms. The van der Waals surface area contributed by atoms with Gasteiger partial charge in [-0.15, -0.1) is 0 Å². The van der Waals surface area contributed by atoms with Crippen molar-refractivity contribution >= 4 is 15.9 Å². The van der Waals surface area contributed by atoms with Crippen molar-refractivity contribution in [3.63, 3.8) is 0 Å². The first-order valence-electron chi connectivity index (χ1n) is 5.63. The number of halogens is 1. The fourth-order valence-corrected chi connectivity index (χ4v) is 2.47. The Morgan fingerprint density at radius 1 is 1.35 bits per heavy atom. The van der Waals surface area contributed by atoms with Gasteiger partial charge in [-0.05, 0) is 34.5 Å². The van der Waals surface area contributed by atoms with Gasteiger partial charge in [-0.1, -0.05) is 30.3 Å². The standard InChI is InChI=1S/C13H16BrN3/c1-17-13(12(14)9-16-17)7-11(8-15)10-5-3-2-4-6-10/h2-6,9,11H,7-8,15H2,1H3. The van der Waals surface area contributed by atoms with Crippen LogP contribution >= 0.6 is 15.9 Å². The third kappa shape index (κ3) is 2.76. The maximum atomic E-state index is 5.88. The number of nitrogens with two attached hydrogens (primary N) is 1. The number of aromatic nitrogens is 2. The topological polar surface area (TPSA) is 43.8 Å². The van der Waals surface area contributed by atoms with E-state index in [1.165, 1.54) is 11.3 Å². The Bertz CT molecular complexity index is 459. The van der Waals surface area contributed by atoms with Gasteiger partial charge in [0, 0.05) is 13.0 Å². The third-order valence-corrected chi connectivity index (χ3v) is 3.67. The van der Waals surface area contributed by atoms with E-state index >= 15 is 0 Å². The summed E-state index contributed by atoms with van der Waals surface area (Å²) in [5.74, 6) is 0.336. The summed E-state index contributed by atoms with van der Waals surface area (Å²) in [5, 5.41) is 4.23. The lowest BCUT2D eigenvalue weighted by molar-refractivity contribution is 0.629. The highest BCUT2D eigenvalue weighted by atomic mass is 79.9. The minimum atomic E-state index is 0.336. The summed E-state index contributed by atoms with van der Waals surface area (Å²) in [4.78, 5) is 0. The van der Waals surface area contributed by atoms with Gasteiger partial charge in [-0.25, -0.2) is 0 Å². The number of nitrogens with zero attached hydrogens (tertiary/aromatic N) is 2. The van der Waals surface area contributed by atoms with Gasteiger partial charge in [0.05, 0.1) is 16.4 Å². The van der Waals surface area contributed by atoms with Gasteiger partial charge in [0.1, 0.15) is 0 Å². The second kappa shape index (κ2) is 5.47. The van der Waals surface area contributed by atoms with Crippen LogP contribution in [-0.2, 0) is 13.5 Å². The van der Waals surface area contributed by atoms with Crippen molar-refractivity contribution < 1.29 is 0 Å². The molecule has 90 valence electrons. The molecule has 0 bridgehead atoms. The number of rotatable bonds is 4. The number of hydrogen-bond donors (Lipinski definition) is 1. The Kier molecular flexibility index (Phi) is 3.97. The van der Waals surface area contributed by atoms with E-state index in [4.69, 9.17) is 5.73 Å². The molecule has 3 nitrogen and oxygen atoms in total. The van der Waals surface area contributed by atoms with E-state index in [9.17, 15) is 0 Å². The molecule has 0 amide bonds. The second-order valence-electron chi connectivity index (χ2n) is 4.11. The predicted octanol–water partition coefficient (Wildman–Crippen LogP) is 2.47. The van der Waals surface area contributed by atoms with E-state index in [0.29, 0.717) is 12.5 Å². The normalized spacial score (nSPS) is 12.6. The first-order chi connectivity index (χ1) is 8.22. The Balaban J connectivity index is 2.22. The van der Waals surface area contributed by atoms with Crippen LogP contribution in [0.15, 0.2) is 41.0 Å². The molecule has 2 rings (SSSR count). The molecule has 0 radical (unpaired) electrons. The molecule has 4 heteroatoms. The molecule has 17 heavy (non-hydrogen) atoms. The van der Waals surface area contributed by atoms with Crippen molar-refractivity contribution in [3.8, 4) is 0 Å². The summed E-state index contributed by atoms with van der Waals surface area (Å²) >= 11 is 3.52. The van der Waals surface area contributed by atoms with Crippen molar-refractivity contribution in [1.29, 1.82) is 0 Å². The van der Waals surface area contributed by atoms with Crippen LogP contribution in [0.1, 0.15) is 17.2 Å². The van der Waals surface area contributed by atoms with Crippen molar-refractivity contribution in [2.75, 3.05) is 6.54 Å². The van der Waals surface area contributed by atoms with Crippen LogP contribution < -0.4 is 5.73 Å². The van der Waals surface area contributed by atoms with Gasteiger partial charge in [0.25, 0.3) is 0 Å². The molecule has 1 unspecified atom stereocenters. The van der Waals surface area contributed by atoms with Crippen LogP contribution in [0.25, 0.3) is 0 Å². The fraction of sp³-hybridized carbons (Fsp3) is 0.308. The summed E-state index contributed by atoms with van der Waals surface area (Å²) in [6.07, 6.45) is 2.73. The van der Waals surface area contributed by atoms with Crippen molar-refractivity contribution in [2.45, 2.75) is 12.3 Å². The molecule has 0 saturated heterocycles. The molecule has 2 aromatic rings. The van der Waals surface area contributed by atoms with Crippen molar-refractivity contribution in [2.24, 2.45) is 12.8 Å².